The number of hydrogen-bond donors (Lipinski definition) is 0. The number of thioether (sulfide) groups is 1. The van der Waals surface area contributed by atoms with Gasteiger partial charge in [0.25, 0.3) is 0 Å². The summed E-state index contributed by atoms with van der Waals surface area (Å²) in [6.07, 6.45) is -10.9. The Balaban J connectivity index is 2.01. The molecule has 15 nitrogen and oxygen atoms in total. The first kappa shape index (κ1) is 35.7. The van der Waals surface area contributed by atoms with Crippen LogP contribution in [0.25, 0.3) is 0 Å². The molecule has 0 radical (unpaired) electrons. The Labute approximate surface area is 263 Å². The molecule has 2 heterocycles. The summed E-state index contributed by atoms with van der Waals surface area (Å²) in [4.78, 5) is 73.2. The van der Waals surface area contributed by atoms with Crippen LogP contribution < -0.4 is 0 Å². The third-order valence-corrected chi connectivity index (χ3v) is 7.42. The Hall–Kier alpha value is -3.73. The van der Waals surface area contributed by atoms with Crippen molar-refractivity contribution in [1.82, 2.24) is 0 Å². The first-order chi connectivity index (χ1) is 21.2. The minimum atomic E-state index is -1.59. The van der Waals surface area contributed by atoms with Crippen LogP contribution in [-0.4, -0.2) is 103 Å². The van der Waals surface area contributed by atoms with E-state index in [1.165, 1.54) is 18.7 Å². The van der Waals surface area contributed by atoms with Crippen molar-refractivity contribution in [3.05, 3.63) is 30.3 Å². The van der Waals surface area contributed by atoms with Gasteiger partial charge in [0.15, 0.2) is 36.8 Å². The summed E-state index contributed by atoms with van der Waals surface area (Å²) in [5.41, 5.74) is -0.837. The summed E-state index contributed by atoms with van der Waals surface area (Å²) in [5, 5.41) is 0. The molecule has 2 aliphatic heterocycles. The standard InChI is InChI=1S/C29H36O15S/c1-14(30)36-12-21-23(38-15(2)31)25(40-17(4)33)26(41-18(5)34)28(43-21)44-22-13-37-29(45-20-10-8-7-9-11-20)27(42-19(6)35)24(22)39-16(3)32/h7-11,21-29H,12-13H2,1-6H3/t21-,22-,23+,24+,25+,26-,27-,28+,29+/m1/s1. The number of benzene rings is 1. The van der Waals surface area contributed by atoms with Crippen LogP contribution in [0.2, 0.25) is 0 Å². The van der Waals surface area contributed by atoms with Crippen molar-refractivity contribution in [3.63, 3.8) is 0 Å². The molecule has 0 aromatic heterocycles. The van der Waals surface area contributed by atoms with E-state index in [2.05, 4.69) is 0 Å². The van der Waals surface area contributed by atoms with E-state index in [4.69, 9.17) is 42.6 Å². The van der Waals surface area contributed by atoms with Crippen molar-refractivity contribution in [3.8, 4) is 0 Å². The van der Waals surface area contributed by atoms with Crippen molar-refractivity contribution in [2.24, 2.45) is 0 Å². The van der Waals surface area contributed by atoms with E-state index in [1.807, 2.05) is 30.3 Å². The topological polar surface area (TPSA) is 185 Å². The highest BCUT2D eigenvalue weighted by Crippen LogP contribution is 2.37. The van der Waals surface area contributed by atoms with Crippen molar-refractivity contribution in [2.45, 2.75) is 101 Å². The van der Waals surface area contributed by atoms with Crippen LogP contribution in [0.15, 0.2) is 35.2 Å². The molecule has 0 N–H and O–H groups in total. The average molecular weight is 657 g/mol. The van der Waals surface area contributed by atoms with Gasteiger partial charge >= 0.3 is 35.8 Å². The molecule has 2 aliphatic rings. The Morgan fingerprint density at radius 2 is 1.18 bits per heavy atom. The van der Waals surface area contributed by atoms with Crippen molar-refractivity contribution >= 4 is 47.6 Å². The lowest BCUT2D eigenvalue weighted by Gasteiger charge is -2.47. The van der Waals surface area contributed by atoms with Gasteiger partial charge in [-0.25, -0.2) is 0 Å². The summed E-state index contributed by atoms with van der Waals surface area (Å²) >= 11 is 1.22. The second kappa shape index (κ2) is 16.5. The van der Waals surface area contributed by atoms with E-state index in [0.29, 0.717) is 0 Å². The fourth-order valence-corrected chi connectivity index (χ4v) is 5.79. The van der Waals surface area contributed by atoms with Gasteiger partial charge in [0.1, 0.15) is 24.3 Å². The van der Waals surface area contributed by atoms with Gasteiger partial charge in [-0.05, 0) is 12.1 Å². The van der Waals surface area contributed by atoms with Crippen LogP contribution in [0.4, 0.5) is 0 Å². The molecule has 0 unspecified atom stereocenters. The lowest BCUT2D eigenvalue weighted by molar-refractivity contribution is -0.332. The highest BCUT2D eigenvalue weighted by molar-refractivity contribution is 7.99. The molecule has 0 aliphatic carbocycles. The van der Waals surface area contributed by atoms with Crippen molar-refractivity contribution in [2.75, 3.05) is 13.2 Å². The zero-order chi connectivity index (χ0) is 33.3. The largest absolute Gasteiger partial charge is 0.463 e. The van der Waals surface area contributed by atoms with E-state index in [9.17, 15) is 28.8 Å². The summed E-state index contributed by atoms with van der Waals surface area (Å²) in [5.74, 6) is -4.55. The monoisotopic (exact) mass is 656 g/mol. The average Bonchev–Trinajstić information content (AvgIpc) is 2.93. The van der Waals surface area contributed by atoms with E-state index in [0.717, 1.165) is 39.5 Å². The third-order valence-electron chi connectivity index (χ3n) is 6.24. The van der Waals surface area contributed by atoms with Crippen LogP contribution in [0.5, 0.6) is 0 Å². The maximum absolute atomic E-state index is 12.3. The van der Waals surface area contributed by atoms with Gasteiger partial charge < -0.3 is 42.6 Å². The molecule has 16 heteroatoms. The van der Waals surface area contributed by atoms with Crippen LogP contribution in [0.3, 0.4) is 0 Å². The molecule has 45 heavy (non-hydrogen) atoms. The maximum atomic E-state index is 12.3. The molecule has 0 bridgehead atoms. The van der Waals surface area contributed by atoms with E-state index >= 15 is 0 Å². The molecule has 1 aromatic carbocycles. The number of ether oxygens (including phenoxy) is 9. The Bertz CT molecular complexity index is 1220. The van der Waals surface area contributed by atoms with Gasteiger partial charge in [0.05, 0.1) is 6.61 Å². The molecule has 3 rings (SSSR count). The Morgan fingerprint density at radius 1 is 0.667 bits per heavy atom. The number of carbonyl (C=O) groups excluding carboxylic acids is 6. The zero-order valence-electron chi connectivity index (χ0n) is 25.5. The quantitative estimate of drug-likeness (QED) is 0.246. The molecule has 0 spiro atoms. The van der Waals surface area contributed by atoms with Gasteiger partial charge in [0.2, 0.25) is 0 Å². The minimum Gasteiger partial charge on any atom is -0.463 e. The van der Waals surface area contributed by atoms with Crippen LogP contribution in [-0.2, 0) is 71.4 Å². The smallest absolute Gasteiger partial charge is 0.303 e. The van der Waals surface area contributed by atoms with E-state index in [-0.39, 0.29) is 6.61 Å². The van der Waals surface area contributed by atoms with Gasteiger partial charge in [-0.1, -0.05) is 30.0 Å². The van der Waals surface area contributed by atoms with Gasteiger partial charge in [-0.15, -0.1) is 0 Å². The van der Waals surface area contributed by atoms with Crippen molar-refractivity contribution < 1.29 is 71.4 Å². The fraction of sp³-hybridized carbons (Fsp3) is 0.586. The normalized spacial score (nSPS) is 29.4. The van der Waals surface area contributed by atoms with Gasteiger partial charge in [-0.2, -0.15) is 0 Å². The first-order valence-electron chi connectivity index (χ1n) is 13.9. The number of hydrogen-bond acceptors (Lipinski definition) is 16. The van der Waals surface area contributed by atoms with Gasteiger partial charge in [-0.3, -0.25) is 28.8 Å². The molecular weight excluding hydrogens is 620 g/mol. The molecule has 1 aromatic rings. The summed E-state index contributed by atoms with van der Waals surface area (Å²) in [6.45, 7) is 6.04. The second-order valence-corrected chi connectivity index (χ2v) is 11.2. The second-order valence-electron chi connectivity index (χ2n) is 10.0. The number of esters is 6. The lowest BCUT2D eigenvalue weighted by atomic mass is 9.97. The van der Waals surface area contributed by atoms with Crippen molar-refractivity contribution in [1.29, 1.82) is 0 Å². The molecule has 9 atom stereocenters. The lowest BCUT2D eigenvalue weighted by Crippen LogP contribution is -2.65. The maximum Gasteiger partial charge on any atom is 0.303 e. The number of rotatable bonds is 11. The molecular formula is C29H36O15S. The van der Waals surface area contributed by atoms with Gasteiger partial charge in [0, 0.05) is 46.4 Å². The summed E-state index contributed by atoms with van der Waals surface area (Å²) in [6, 6.07) is 9.09. The van der Waals surface area contributed by atoms with E-state index < -0.39 is 96.9 Å². The third kappa shape index (κ3) is 10.7. The highest BCUT2D eigenvalue weighted by atomic mass is 32.2. The summed E-state index contributed by atoms with van der Waals surface area (Å²) < 4.78 is 50.8. The predicted molar refractivity (Wildman–Crippen MR) is 150 cm³/mol. The highest BCUT2D eigenvalue weighted by Gasteiger charge is 2.55. The first-order valence-corrected chi connectivity index (χ1v) is 14.8. The molecule has 2 fully saturated rings. The fourth-order valence-electron chi connectivity index (χ4n) is 4.72. The predicted octanol–water partition coefficient (Wildman–Crippen LogP) is 1.47. The molecule has 0 saturated carbocycles. The van der Waals surface area contributed by atoms with Crippen LogP contribution >= 0.6 is 11.8 Å². The molecule has 0 amide bonds. The minimum absolute atomic E-state index is 0.229. The Kier molecular flexibility index (Phi) is 13.1. The number of carbonyl (C=O) groups is 6. The van der Waals surface area contributed by atoms with Crippen LogP contribution in [0, 0.1) is 0 Å². The SMILES string of the molecule is CC(=O)OC[C@H]1O[C@@H](O[C@@H]2CO[C@@H](Sc3ccccc3)[C@H](OC(C)=O)[C@H]2OC(C)=O)[C@H](OC(C)=O)[C@@H](OC(C)=O)[C@H]1OC(C)=O. The Morgan fingerprint density at radius 3 is 1.73 bits per heavy atom. The van der Waals surface area contributed by atoms with Crippen LogP contribution in [0.1, 0.15) is 41.5 Å². The zero-order valence-corrected chi connectivity index (χ0v) is 26.3. The summed E-state index contributed by atoms with van der Waals surface area (Å²) in [7, 11) is 0. The van der Waals surface area contributed by atoms with E-state index in [1.54, 1.807) is 0 Å². The molecule has 248 valence electrons. The molecule has 2 saturated heterocycles.